The largest absolute Gasteiger partial charge is 0.487 e. The molecule has 0 fully saturated rings. The van der Waals surface area contributed by atoms with Crippen LogP contribution in [0.15, 0.2) is 18.2 Å². The molecule has 0 bridgehead atoms. The van der Waals surface area contributed by atoms with Gasteiger partial charge in [0, 0.05) is 12.6 Å². The molecule has 0 atom stereocenters. The molecule has 112 valence electrons. The minimum atomic E-state index is -0.383. The number of rotatable bonds is 10. The van der Waals surface area contributed by atoms with E-state index >= 15 is 0 Å². The molecule has 20 heavy (non-hydrogen) atoms. The van der Waals surface area contributed by atoms with E-state index in [2.05, 4.69) is 12.2 Å². The lowest BCUT2D eigenvalue weighted by Gasteiger charge is -2.08. The van der Waals surface area contributed by atoms with Crippen LogP contribution in [-0.2, 0) is 6.54 Å². The van der Waals surface area contributed by atoms with Crippen LogP contribution in [-0.4, -0.2) is 18.6 Å². The van der Waals surface area contributed by atoms with Crippen molar-refractivity contribution in [2.75, 3.05) is 13.7 Å². The Kier molecular flexibility index (Phi) is 7.65. The fourth-order valence-electron chi connectivity index (χ4n) is 2.03. The Labute approximate surface area is 120 Å². The van der Waals surface area contributed by atoms with Crippen molar-refractivity contribution in [3.8, 4) is 5.75 Å². The summed E-state index contributed by atoms with van der Waals surface area (Å²) < 4.78 is 5.55. The number of nitro benzene ring substituents is 1. The van der Waals surface area contributed by atoms with Gasteiger partial charge in [-0.2, -0.15) is 0 Å². The summed E-state index contributed by atoms with van der Waals surface area (Å²) in [6, 6.07) is 5.12. The summed E-state index contributed by atoms with van der Waals surface area (Å²) in [4.78, 5) is 10.7. The number of nitrogens with zero attached hydrogens (tertiary/aromatic N) is 1. The Morgan fingerprint density at radius 3 is 2.65 bits per heavy atom. The van der Waals surface area contributed by atoms with Gasteiger partial charge in [0.2, 0.25) is 0 Å². The van der Waals surface area contributed by atoms with Crippen LogP contribution in [0.1, 0.15) is 44.6 Å². The van der Waals surface area contributed by atoms with E-state index in [4.69, 9.17) is 4.74 Å². The third kappa shape index (κ3) is 5.57. The van der Waals surface area contributed by atoms with Gasteiger partial charge < -0.3 is 10.1 Å². The van der Waals surface area contributed by atoms with E-state index in [0.29, 0.717) is 18.9 Å². The minimum Gasteiger partial charge on any atom is -0.487 e. The Morgan fingerprint density at radius 2 is 2.00 bits per heavy atom. The molecule has 1 rings (SSSR count). The fraction of sp³-hybridized carbons (Fsp3) is 0.600. The second-order valence-corrected chi connectivity index (χ2v) is 4.85. The van der Waals surface area contributed by atoms with Crippen LogP contribution in [0.25, 0.3) is 0 Å². The zero-order valence-electron chi connectivity index (χ0n) is 12.4. The van der Waals surface area contributed by atoms with Crippen LogP contribution in [0, 0.1) is 10.1 Å². The molecule has 5 heteroatoms. The first-order valence-electron chi connectivity index (χ1n) is 7.23. The molecule has 0 radical (unpaired) electrons. The van der Waals surface area contributed by atoms with E-state index in [-0.39, 0.29) is 10.6 Å². The second kappa shape index (κ2) is 9.31. The summed E-state index contributed by atoms with van der Waals surface area (Å²) in [6.45, 7) is 3.32. The highest BCUT2D eigenvalue weighted by Crippen LogP contribution is 2.28. The van der Waals surface area contributed by atoms with Crippen molar-refractivity contribution in [1.29, 1.82) is 0 Å². The smallest absolute Gasteiger partial charge is 0.311 e. The number of hydrogen-bond donors (Lipinski definition) is 1. The molecular formula is C15H24N2O3. The van der Waals surface area contributed by atoms with E-state index in [9.17, 15) is 10.1 Å². The Bertz CT molecular complexity index is 422. The first-order chi connectivity index (χ1) is 9.69. The van der Waals surface area contributed by atoms with Crippen molar-refractivity contribution < 1.29 is 9.66 Å². The lowest BCUT2D eigenvalue weighted by atomic mass is 10.1. The molecule has 0 heterocycles. The van der Waals surface area contributed by atoms with Crippen molar-refractivity contribution in [2.45, 2.75) is 45.6 Å². The van der Waals surface area contributed by atoms with Crippen LogP contribution in [0.5, 0.6) is 5.75 Å². The van der Waals surface area contributed by atoms with E-state index in [0.717, 1.165) is 18.4 Å². The molecule has 0 aliphatic carbocycles. The molecular weight excluding hydrogens is 256 g/mol. The highest BCUT2D eigenvalue weighted by atomic mass is 16.6. The van der Waals surface area contributed by atoms with Crippen LogP contribution in [0.4, 0.5) is 5.69 Å². The summed E-state index contributed by atoms with van der Waals surface area (Å²) in [7, 11) is 1.81. The molecule has 1 aromatic rings. The third-order valence-electron chi connectivity index (χ3n) is 3.11. The van der Waals surface area contributed by atoms with Gasteiger partial charge in [-0.3, -0.25) is 10.1 Å². The third-order valence-corrected chi connectivity index (χ3v) is 3.11. The van der Waals surface area contributed by atoms with Gasteiger partial charge in [0.25, 0.3) is 0 Å². The first-order valence-corrected chi connectivity index (χ1v) is 7.23. The lowest BCUT2D eigenvalue weighted by molar-refractivity contribution is -0.385. The predicted octanol–water partition coefficient (Wildman–Crippen LogP) is 3.66. The van der Waals surface area contributed by atoms with Crippen molar-refractivity contribution in [2.24, 2.45) is 0 Å². The van der Waals surface area contributed by atoms with Crippen LogP contribution in [0.2, 0.25) is 0 Å². The summed E-state index contributed by atoms with van der Waals surface area (Å²) in [5.41, 5.74) is 0.931. The van der Waals surface area contributed by atoms with Crippen LogP contribution in [0.3, 0.4) is 0 Å². The molecule has 0 unspecified atom stereocenters. The van der Waals surface area contributed by atoms with Crippen molar-refractivity contribution in [3.63, 3.8) is 0 Å². The molecule has 1 N–H and O–H groups in total. The maximum Gasteiger partial charge on any atom is 0.311 e. The summed E-state index contributed by atoms with van der Waals surface area (Å²) in [5, 5.41) is 14.0. The Morgan fingerprint density at radius 1 is 1.25 bits per heavy atom. The average molecular weight is 280 g/mol. The summed E-state index contributed by atoms with van der Waals surface area (Å²) in [6.07, 6.45) is 5.69. The normalized spacial score (nSPS) is 10.5. The molecule has 0 aliphatic rings. The van der Waals surface area contributed by atoms with Gasteiger partial charge in [-0.05, 0) is 25.1 Å². The summed E-state index contributed by atoms with van der Waals surface area (Å²) in [5.74, 6) is 0.366. The lowest BCUT2D eigenvalue weighted by Crippen LogP contribution is -2.06. The molecule has 0 amide bonds. The first kappa shape index (κ1) is 16.4. The number of unbranched alkanes of at least 4 members (excludes halogenated alkanes) is 4. The zero-order valence-corrected chi connectivity index (χ0v) is 12.4. The highest BCUT2D eigenvalue weighted by molar-refractivity contribution is 5.48. The minimum absolute atomic E-state index is 0.0475. The van der Waals surface area contributed by atoms with Crippen molar-refractivity contribution in [3.05, 3.63) is 33.9 Å². The Balaban J connectivity index is 2.53. The number of benzene rings is 1. The number of nitrogens with one attached hydrogen (secondary N) is 1. The van der Waals surface area contributed by atoms with Crippen molar-refractivity contribution >= 4 is 5.69 Å². The number of hydrogen-bond acceptors (Lipinski definition) is 4. The zero-order chi connectivity index (χ0) is 14.8. The van der Waals surface area contributed by atoms with Gasteiger partial charge in [0.1, 0.15) is 0 Å². The van der Waals surface area contributed by atoms with Gasteiger partial charge in [-0.1, -0.05) is 38.7 Å². The topological polar surface area (TPSA) is 64.4 Å². The average Bonchev–Trinajstić information content (AvgIpc) is 2.44. The van der Waals surface area contributed by atoms with Gasteiger partial charge in [0.15, 0.2) is 5.75 Å². The quantitative estimate of drug-likeness (QED) is 0.403. The van der Waals surface area contributed by atoms with Gasteiger partial charge >= 0.3 is 5.69 Å². The monoisotopic (exact) mass is 280 g/mol. The van der Waals surface area contributed by atoms with Gasteiger partial charge in [-0.15, -0.1) is 0 Å². The fourth-order valence-corrected chi connectivity index (χ4v) is 2.03. The van der Waals surface area contributed by atoms with E-state index < -0.39 is 0 Å². The van der Waals surface area contributed by atoms with Gasteiger partial charge in [-0.25, -0.2) is 0 Å². The van der Waals surface area contributed by atoms with E-state index in [1.165, 1.54) is 19.3 Å². The molecule has 5 nitrogen and oxygen atoms in total. The Hall–Kier alpha value is -1.62. The molecule has 0 spiro atoms. The van der Waals surface area contributed by atoms with E-state index in [1.54, 1.807) is 12.1 Å². The highest BCUT2D eigenvalue weighted by Gasteiger charge is 2.15. The predicted molar refractivity (Wildman–Crippen MR) is 80.1 cm³/mol. The van der Waals surface area contributed by atoms with Gasteiger partial charge in [0.05, 0.1) is 11.5 Å². The molecule has 0 aromatic heterocycles. The van der Waals surface area contributed by atoms with E-state index in [1.807, 2.05) is 13.1 Å². The molecule has 1 aromatic carbocycles. The summed E-state index contributed by atoms with van der Waals surface area (Å²) >= 11 is 0. The maximum absolute atomic E-state index is 11.1. The SMILES string of the molecule is CCCCCCCOc1ccc(CNC)cc1[N+](=O)[O-]. The number of nitro groups is 1. The molecule has 0 saturated heterocycles. The number of ether oxygens (including phenoxy) is 1. The van der Waals surface area contributed by atoms with Crippen molar-refractivity contribution in [1.82, 2.24) is 5.32 Å². The molecule has 0 aliphatic heterocycles. The standard InChI is InChI=1S/C15H24N2O3/c1-3-4-5-6-7-10-20-15-9-8-13(12-16-2)11-14(15)17(18)19/h8-9,11,16H,3-7,10,12H2,1-2H3. The van der Waals surface area contributed by atoms with Crippen LogP contribution < -0.4 is 10.1 Å². The van der Waals surface area contributed by atoms with Crippen LogP contribution >= 0.6 is 0 Å². The second-order valence-electron chi connectivity index (χ2n) is 4.85. The maximum atomic E-state index is 11.1. The molecule has 0 saturated carbocycles.